The molecule has 1 saturated carbocycles. The monoisotopic (exact) mass is 222 g/mol. The van der Waals surface area contributed by atoms with Crippen LogP contribution >= 0.6 is 0 Å². The number of hydrogen-bond donors (Lipinski definition) is 2. The summed E-state index contributed by atoms with van der Waals surface area (Å²) in [5.41, 5.74) is 0.675. The minimum absolute atomic E-state index is 0.675. The third-order valence-corrected chi connectivity index (χ3v) is 5.26. The van der Waals surface area contributed by atoms with Crippen LogP contribution in [0.4, 0.5) is 0 Å². The SMILES string of the molecule is CC1CC2(CCNC2C2C[C@@H](C)CCN2)C1. The van der Waals surface area contributed by atoms with Gasteiger partial charge in [0.2, 0.25) is 0 Å². The van der Waals surface area contributed by atoms with Crippen molar-refractivity contribution in [1.29, 1.82) is 0 Å². The number of rotatable bonds is 1. The molecule has 1 aliphatic carbocycles. The molecule has 3 rings (SSSR count). The molecule has 16 heavy (non-hydrogen) atoms. The summed E-state index contributed by atoms with van der Waals surface area (Å²) in [5, 5.41) is 7.56. The quantitative estimate of drug-likeness (QED) is 0.710. The summed E-state index contributed by atoms with van der Waals surface area (Å²) in [4.78, 5) is 0. The number of nitrogens with one attached hydrogen (secondary N) is 2. The van der Waals surface area contributed by atoms with E-state index in [9.17, 15) is 0 Å². The molecule has 3 fully saturated rings. The molecule has 92 valence electrons. The molecule has 0 aromatic heterocycles. The lowest BCUT2D eigenvalue weighted by atomic mass is 9.57. The van der Waals surface area contributed by atoms with Crippen LogP contribution in [0.2, 0.25) is 0 Å². The minimum Gasteiger partial charge on any atom is -0.312 e. The van der Waals surface area contributed by atoms with E-state index in [1.165, 1.54) is 45.2 Å². The van der Waals surface area contributed by atoms with Crippen molar-refractivity contribution >= 4 is 0 Å². The van der Waals surface area contributed by atoms with Gasteiger partial charge in [-0.05, 0) is 62.4 Å². The summed E-state index contributed by atoms with van der Waals surface area (Å²) in [5.74, 6) is 1.90. The summed E-state index contributed by atoms with van der Waals surface area (Å²) in [6.07, 6.45) is 7.11. The highest BCUT2D eigenvalue weighted by Gasteiger charge is 2.52. The second kappa shape index (κ2) is 3.99. The zero-order valence-electron chi connectivity index (χ0n) is 10.8. The Morgan fingerprint density at radius 3 is 2.50 bits per heavy atom. The Kier molecular flexibility index (Phi) is 2.75. The first-order valence-corrected chi connectivity index (χ1v) is 7.16. The smallest absolute Gasteiger partial charge is 0.0278 e. The first kappa shape index (κ1) is 11.0. The summed E-state index contributed by atoms with van der Waals surface area (Å²) >= 11 is 0. The topological polar surface area (TPSA) is 24.1 Å². The van der Waals surface area contributed by atoms with Crippen molar-refractivity contribution in [1.82, 2.24) is 10.6 Å². The fourth-order valence-corrected chi connectivity index (χ4v) is 4.61. The molecule has 0 bridgehead atoms. The third kappa shape index (κ3) is 1.70. The Labute approximate surface area is 99.6 Å². The van der Waals surface area contributed by atoms with Crippen LogP contribution in [0.3, 0.4) is 0 Å². The molecule has 0 aromatic carbocycles. The molecule has 2 saturated heterocycles. The molecular weight excluding hydrogens is 196 g/mol. The molecule has 0 radical (unpaired) electrons. The van der Waals surface area contributed by atoms with Gasteiger partial charge in [-0.15, -0.1) is 0 Å². The van der Waals surface area contributed by atoms with Crippen molar-refractivity contribution in [2.45, 2.75) is 58.0 Å². The Morgan fingerprint density at radius 1 is 1.00 bits per heavy atom. The minimum atomic E-state index is 0.675. The average Bonchev–Trinajstić information content (AvgIpc) is 2.62. The van der Waals surface area contributed by atoms with Gasteiger partial charge in [-0.25, -0.2) is 0 Å². The molecule has 2 nitrogen and oxygen atoms in total. The predicted molar refractivity (Wildman–Crippen MR) is 67.4 cm³/mol. The number of piperidine rings is 1. The second-order valence-electron chi connectivity index (χ2n) is 6.75. The van der Waals surface area contributed by atoms with Crippen molar-refractivity contribution in [2.24, 2.45) is 17.3 Å². The van der Waals surface area contributed by atoms with Gasteiger partial charge in [-0.1, -0.05) is 13.8 Å². The maximum Gasteiger partial charge on any atom is 0.0278 e. The fourth-order valence-electron chi connectivity index (χ4n) is 4.61. The predicted octanol–water partition coefficient (Wildman–Crippen LogP) is 2.15. The lowest BCUT2D eigenvalue weighted by Gasteiger charge is -2.51. The van der Waals surface area contributed by atoms with E-state index in [1.54, 1.807) is 0 Å². The van der Waals surface area contributed by atoms with Gasteiger partial charge in [0.25, 0.3) is 0 Å². The van der Waals surface area contributed by atoms with Crippen LogP contribution in [0.1, 0.15) is 46.0 Å². The van der Waals surface area contributed by atoms with Gasteiger partial charge in [0.1, 0.15) is 0 Å². The van der Waals surface area contributed by atoms with Gasteiger partial charge >= 0.3 is 0 Å². The summed E-state index contributed by atoms with van der Waals surface area (Å²) in [6.45, 7) is 7.32. The maximum absolute atomic E-state index is 3.80. The summed E-state index contributed by atoms with van der Waals surface area (Å²) in [7, 11) is 0. The molecule has 2 N–H and O–H groups in total. The van der Waals surface area contributed by atoms with Crippen LogP contribution in [0.5, 0.6) is 0 Å². The first-order valence-electron chi connectivity index (χ1n) is 7.16. The largest absolute Gasteiger partial charge is 0.312 e. The van der Waals surface area contributed by atoms with Gasteiger partial charge in [-0.3, -0.25) is 0 Å². The first-order chi connectivity index (χ1) is 7.70. The van der Waals surface area contributed by atoms with Crippen molar-refractivity contribution < 1.29 is 0 Å². The van der Waals surface area contributed by atoms with Gasteiger partial charge in [0, 0.05) is 12.1 Å². The average molecular weight is 222 g/mol. The number of hydrogen-bond acceptors (Lipinski definition) is 2. The van der Waals surface area contributed by atoms with Gasteiger partial charge in [0.15, 0.2) is 0 Å². The van der Waals surface area contributed by atoms with Crippen LogP contribution in [-0.2, 0) is 0 Å². The highest BCUT2D eigenvalue weighted by atomic mass is 15.1. The van der Waals surface area contributed by atoms with Crippen molar-refractivity contribution in [3.05, 3.63) is 0 Å². The van der Waals surface area contributed by atoms with Crippen molar-refractivity contribution in [3.8, 4) is 0 Å². The van der Waals surface area contributed by atoms with E-state index in [-0.39, 0.29) is 0 Å². The maximum atomic E-state index is 3.80. The summed E-state index contributed by atoms with van der Waals surface area (Å²) in [6, 6.07) is 1.52. The molecule has 2 heterocycles. The van der Waals surface area contributed by atoms with E-state index >= 15 is 0 Å². The Balaban J connectivity index is 1.69. The van der Waals surface area contributed by atoms with E-state index < -0.39 is 0 Å². The fraction of sp³-hybridized carbons (Fsp3) is 1.00. The van der Waals surface area contributed by atoms with Gasteiger partial charge in [0.05, 0.1) is 0 Å². The highest BCUT2D eigenvalue weighted by Crippen LogP contribution is 2.54. The molecule has 1 spiro atoms. The molecule has 3 atom stereocenters. The molecule has 0 aromatic rings. The third-order valence-electron chi connectivity index (χ3n) is 5.26. The molecule has 2 aliphatic heterocycles. The standard InChI is InChI=1S/C14H26N2/c1-10-3-5-15-12(7-10)13-14(4-6-16-13)8-11(2)9-14/h10-13,15-16H,3-9H2,1-2H3/t10-,11?,12?,13?,14?/m0/s1. The molecule has 2 heteroatoms. The van der Waals surface area contributed by atoms with Gasteiger partial charge < -0.3 is 10.6 Å². The van der Waals surface area contributed by atoms with Crippen LogP contribution < -0.4 is 10.6 Å². The van der Waals surface area contributed by atoms with E-state index in [2.05, 4.69) is 24.5 Å². The Bertz CT molecular complexity index is 257. The lowest BCUT2D eigenvalue weighted by Crippen LogP contribution is -2.58. The van der Waals surface area contributed by atoms with Gasteiger partial charge in [-0.2, -0.15) is 0 Å². The zero-order chi connectivity index (χ0) is 11.2. The van der Waals surface area contributed by atoms with E-state index in [0.717, 1.165) is 23.9 Å². The van der Waals surface area contributed by atoms with Crippen LogP contribution in [0, 0.1) is 17.3 Å². The highest BCUT2D eigenvalue weighted by molar-refractivity contribution is 5.09. The summed E-state index contributed by atoms with van der Waals surface area (Å²) < 4.78 is 0. The molecule has 2 unspecified atom stereocenters. The van der Waals surface area contributed by atoms with Crippen molar-refractivity contribution in [2.75, 3.05) is 13.1 Å². The Hall–Kier alpha value is -0.0800. The normalized spacial score (nSPS) is 52.9. The van der Waals surface area contributed by atoms with Crippen molar-refractivity contribution in [3.63, 3.8) is 0 Å². The van der Waals surface area contributed by atoms with E-state index in [0.29, 0.717) is 5.41 Å². The Morgan fingerprint density at radius 2 is 1.81 bits per heavy atom. The molecule has 0 amide bonds. The van der Waals surface area contributed by atoms with E-state index in [1.807, 2.05) is 0 Å². The zero-order valence-corrected chi connectivity index (χ0v) is 10.8. The lowest BCUT2D eigenvalue weighted by molar-refractivity contribution is 0.0294. The molecular formula is C14H26N2. The second-order valence-corrected chi connectivity index (χ2v) is 6.75. The van der Waals surface area contributed by atoms with Crippen LogP contribution in [-0.4, -0.2) is 25.2 Å². The van der Waals surface area contributed by atoms with E-state index in [4.69, 9.17) is 0 Å². The van der Waals surface area contributed by atoms with Crippen LogP contribution in [0.25, 0.3) is 0 Å². The van der Waals surface area contributed by atoms with Crippen LogP contribution in [0.15, 0.2) is 0 Å². The molecule has 3 aliphatic rings.